The molecule has 0 unspecified atom stereocenters. The smallest absolute Gasteiger partial charge is 0.407 e. The van der Waals surface area contributed by atoms with Gasteiger partial charge in [0.15, 0.2) is 28.5 Å². The van der Waals surface area contributed by atoms with E-state index in [2.05, 4.69) is 33.1 Å². The van der Waals surface area contributed by atoms with Crippen LogP contribution in [0.15, 0.2) is 47.4 Å². The van der Waals surface area contributed by atoms with E-state index in [0.29, 0.717) is 69.4 Å². The highest BCUT2D eigenvalue weighted by Crippen LogP contribution is 2.64. The maximum absolute atomic E-state index is 15.3. The Morgan fingerprint density at radius 3 is 2.70 bits per heavy atom. The van der Waals surface area contributed by atoms with Gasteiger partial charge in [0.05, 0.1) is 30.5 Å². The lowest BCUT2D eigenvalue weighted by Gasteiger charge is -2.62. The third kappa shape index (κ3) is 6.09. The lowest BCUT2D eigenvalue weighted by Crippen LogP contribution is -2.69. The van der Waals surface area contributed by atoms with Crippen molar-refractivity contribution in [3.05, 3.63) is 87.7 Å². The van der Waals surface area contributed by atoms with E-state index in [0.717, 1.165) is 22.1 Å². The molecule has 1 aromatic heterocycles. The number of aromatic hydroxyl groups is 1. The molecule has 3 aromatic carbocycles. The number of furan rings is 1. The summed E-state index contributed by atoms with van der Waals surface area (Å²) in [6.45, 7) is 8.48. The molecule has 4 bridgehead atoms. The standard InChI is InChI=1S/C46H47N5O11S/c1-7-12-57-45(55)48-17-25-15-27-26-10-8-9-11-31(26)62-43(27)46(49-25)19-63-42-34-33(41-40(59-20-60-41)22(3)39(34)61-23(4)52)30(18-58-44(46)54)51-29(16-47)28-14-24-13-21(2)38(56-6)37(53)32(24)35(36(42)51)50(28)5/h7-11,13,25,28-30,35-36,42,49,53H,1,12,14-15,17-20H2,2-6H3,(H,48,55)/t25-,28-,29+,30+,35+,36-,42-,46-/m1/s1. The Balaban J connectivity index is 1.20. The molecule has 7 aliphatic heterocycles. The molecule has 16 nitrogen and oxygen atoms in total. The van der Waals surface area contributed by atoms with Crippen molar-refractivity contribution in [2.45, 2.75) is 80.7 Å². The molecule has 0 aliphatic carbocycles. The molecule has 2 saturated heterocycles. The van der Waals surface area contributed by atoms with Crippen molar-refractivity contribution in [1.29, 1.82) is 5.26 Å². The van der Waals surface area contributed by atoms with Crippen LogP contribution in [0.2, 0.25) is 0 Å². The third-order valence-corrected chi connectivity index (χ3v) is 15.0. The molecule has 1 amide bonds. The van der Waals surface area contributed by atoms with Gasteiger partial charge in [-0.2, -0.15) is 5.26 Å². The largest absolute Gasteiger partial charge is 0.504 e. The van der Waals surface area contributed by atoms with Crippen LogP contribution in [0.3, 0.4) is 0 Å². The number of piperazine rings is 1. The van der Waals surface area contributed by atoms with Crippen LogP contribution in [0.5, 0.6) is 28.7 Å². The number of nitrogens with zero attached hydrogens (tertiary/aromatic N) is 3. The Hall–Kier alpha value is -5.93. The van der Waals surface area contributed by atoms with Crippen LogP contribution in [-0.4, -0.2) is 104 Å². The number of alkyl carbamates (subject to hydrolysis) is 1. The zero-order valence-corrected chi connectivity index (χ0v) is 36.3. The average Bonchev–Trinajstić information content (AvgIpc) is 3.91. The van der Waals surface area contributed by atoms with Gasteiger partial charge in [0.1, 0.15) is 36.3 Å². The van der Waals surface area contributed by atoms with Crippen LogP contribution >= 0.6 is 11.8 Å². The van der Waals surface area contributed by atoms with E-state index in [1.54, 1.807) is 0 Å². The molecule has 7 aliphatic rings. The van der Waals surface area contributed by atoms with Crippen molar-refractivity contribution in [3.63, 3.8) is 0 Å². The number of hydrogen-bond donors (Lipinski definition) is 3. The fraction of sp³-hybridized carbons (Fsp3) is 0.435. The van der Waals surface area contributed by atoms with Crippen molar-refractivity contribution < 1.29 is 52.3 Å². The molecule has 11 rings (SSSR count). The predicted molar refractivity (Wildman–Crippen MR) is 228 cm³/mol. The Kier molecular flexibility index (Phi) is 10.0. The maximum atomic E-state index is 15.3. The molecule has 8 atom stereocenters. The lowest BCUT2D eigenvalue weighted by molar-refractivity contribution is -0.158. The number of amides is 1. The number of carbonyl (C=O) groups is 3. The lowest BCUT2D eigenvalue weighted by atomic mass is 9.71. The Morgan fingerprint density at radius 2 is 1.94 bits per heavy atom. The first kappa shape index (κ1) is 41.1. The number of methoxy groups -OCH3 is 1. The van der Waals surface area contributed by atoms with Crippen LogP contribution in [0.4, 0.5) is 4.79 Å². The number of likely N-dealkylation sites (N-methyl/N-ethyl adjacent to an activating group) is 1. The molecule has 3 N–H and O–H groups in total. The van der Waals surface area contributed by atoms with Gasteiger partial charge < -0.3 is 43.3 Å². The molecular formula is C46H47N5O11S. The number of para-hydroxylation sites is 1. The van der Waals surface area contributed by atoms with Gasteiger partial charge in [0.2, 0.25) is 6.79 Å². The highest BCUT2D eigenvalue weighted by Gasteiger charge is 2.62. The number of hydrogen-bond acceptors (Lipinski definition) is 16. The normalized spacial score (nSPS) is 27.9. The van der Waals surface area contributed by atoms with Gasteiger partial charge in [-0.15, -0.1) is 11.8 Å². The summed E-state index contributed by atoms with van der Waals surface area (Å²) in [4.78, 5) is 45.4. The first-order chi connectivity index (χ1) is 30.4. The highest BCUT2D eigenvalue weighted by atomic mass is 32.2. The number of phenolic OH excluding ortho intramolecular Hbond substituents is 1. The second-order valence-electron chi connectivity index (χ2n) is 17.0. The van der Waals surface area contributed by atoms with Crippen molar-refractivity contribution in [3.8, 4) is 34.8 Å². The van der Waals surface area contributed by atoms with Crippen LogP contribution in [0.25, 0.3) is 11.0 Å². The molecule has 8 heterocycles. The summed E-state index contributed by atoms with van der Waals surface area (Å²) in [7, 11) is 3.51. The number of benzene rings is 3. The van der Waals surface area contributed by atoms with E-state index in [4.69, 9.17) is 32.8 Å². The van der Waals surface area contributed by atoms with E-state index in [-0.39, 0.29) is 44.1 Å². The number of nitriles is 1. The summed E-state index contributed by atoms with van der Waals surface area (Å²) in [5, 5.41) is 30.1. The van der Waals surface area contributed by atoms with Gasteiger partial charge in [-0.05, 0) is 50.9 Å². The third-order valence-electron chi connectivity index (χ3n) is 13.6. The van der Waals surface area contributed by atoms with Crippen molar-refractivity contribution >= 4 is 40.8 Å². The van der Waals surface area contributed by atoms with E-state index in [9.17, 15) is 20.0 Å². The quantitative estimate of drug-likeness (QED) is 0.128. The number of ether oxygens (including phenoxy) is 6. The fourth-order valence-corrected chi connectivity index (χ4v) is 12.8. The zero-order chi connectivity index (χ0) is 44.1. The summed E-state index contributed by atoms with van der Waals surface area (Å²) < 4.78 is 42.8. The maximum Gasteiger partial charge on any atom is 0.407 e. The van der Waals surface area contributed by atoms with E-state index in [1.807, 2.05) is 51.2 Å². The summed E-state index contributed by atoms with van der Waals surface area (Å²) >= 11 is 1.43. The molecule has 0 saturated carbocycles. The van der Waals surface area contributed by atoms with Crippen molar-refractivity contribution in [2.75, 3.05) is 46.5 Å². The molecule has 63 heavy (non-hydrogen) atoms. The molecule has 328 valence electrons. The Morgan fingerprint density at radius 1 is 1.14 bits per heavy atom. The first-order valence-electron chi connectivity index (χ1n) is 20.9. The molecule has 1 spiro atoms. The van der Waals surface area contributed by atoms with Crippen LogP contribution in [0.1, 0.15) is 69.0 Å². The summed E-state index contributed by atoms with van der Waals surface area (Å²) in [5.41, 5.74) is 3.96. The fourth-order valence-electron chi connectivity index (χ4n) is 11.1. The van der Waals surface area contributed by atoms with Crippen molar-refractivity contribution in [1.82, 2.24) is 20.4 Å². The minimum Gasteiger partial charge on any atom is -0.504 e. The number of fused-ring (bicyclic) bond motifs is 11. The van der Waals surface area contributed by atoms with Gasteiger partial charge in [-0.1, -0.05) is 36.9 Å². The second-order valence-corrected chi connectivity index (χ2v) is 18.1. The SMILES string of the molecule is C=CCOC(=O)NC[C@H]1Cc2c(oc3ccccc23)[C@@]2(CS[C@@H]3c4c(OC(C)=O)c(C)c5c(c4[C@H](COC2=O)N2[C@@H]3[C@@H]3c4c(cc(C)c(OC)c4O)C[C@H]([C@@H]2C#N)N3C)OCO5)N1. The van der Waals surface area contributed by atoms with E-state index < -0.39 is 59.0 Å². The molecule has 17 heteroatoms. The van der Waals surface area contributed by atoms with E-state index in [1.165, 1.54) is 31.9 Å². The molecule has 0 radical (unpaired) electrons. The number of aryl methyl sites for hydroxylation is 1. The van der Waals surface area contributed by atoms with Gasteiger partial charge in [-0.3, -0.25) is 19.9 Å². The zero-order valence-electron chi connectivity index (χ0n) is 35.4. The number of carbonyl (C=O) groups excluding carboxylic acids is 3. The highest BCUT2D eigenvalue weighted by molar-refractivity contribution is 7.99. The van der Waals surface area contributed by atoms with Gasteiger partial charge in [0, 0.05) is 70.6 Å². The van der Waals surface area contributed by atoms with Crippen LogP contribution in [0, 0.1) is 25.2 Å². The van der Waals surface area contributed by atoms with Gasteiger partial charge in [0.25, 0.3) is 0 Å². The Labute approximate surface area is 367 Å². The number of nitrogens with one attached hydrogen (secondary N) is 2. The van der Waals surface area contributed by atoms with E-state index >= 15 is 4.79 Å². The van der Waals surface area contributed by atoms with Gasteiger partial charge in [-0.25, -0.2) is 9.59 Å². The molecule has 4 aromatic rings. The van der Waals surface area contributed by atoms with Crippen molar-refractivity contribution in [2.24, 2.45) is 0 Å². The molecule has 2 fully saturated rings. The summed E-state index contributed by atoms with van der Waals surface area (Å²) in [6.07, 6.45) is 1.72. The topological polar surface area (TPSA) is 194 Å². The second kappa shape index (κ2) is 15.4. The van der Waals surface area contributed by atoms with Crippen LogP contribution < -0.4 is 29.6 Å². The number of rotatable bonds is 6. The number of thioether (sulfide) groups is 1. The summed E-state index contributed by atoms with van der Waals surface area (Å²) in [6, 6.07) is 8.76. The molecular weight excluding hydrogens is 831 g/mol. The Bertz CT molecular complexity index is 2660. The minimum absolute atomic E-state index is 0.0177. The minimum atomic E-state index is -1.60. The predicted octanol–water partition coefficient (Wildman–Crippen LogP) is 5.30. The summed E-state index contributed by atoms with van der Waals surface area (Å²) in [5.74, 6) is 0.792. The van der Waals surface area contributed by atoms with Gasteiger partial charge >= 0.3 is 18.0 Å². The number of phenols is 1. The number of esters is 2. The average molecular weight is 878 g/mol. The van der Waals surface area contributed by atoms with Crippen LogP contribution in [-0.2, 0) is 37.4 Å². The first-order valence-corrected chi connectivity index (χ1v) is 22.0. The monoisotopic (exact) mass is 877 g/mol.